The second-order valence-electron chi connectivity index (χ2n) is 8.76. The number of aryl methyl sites for hydroxylation is 1. The summed E-state index contributed by atoms with van der Waals surface area (Å²) < 4.78 is 48.2. The highest BCUT2D eigenvalue weighted by Gasteiger charge is 2.30. The van der Waals surface area contributed by atoms with E-state index in [1.54, 1.807) is 21.0 Å². The first-order valence-corrected chi connectivity index (χ1v) is 11.2. The minimum Gasteiger partial charge on any atom is -0.479 e. The summed E-state index contributed by atoms with van der Waals surface area (Å²) in [4.78, 5) is 18.0. The van der Waals surface area contributed by atoms with Gasteiger partial charge in [0, 0.05) is 38.7 Å². The van der Waals surface area contributed by atoms with Gasteiger partial charge in [0.25, 0.3) is 5.92 Å². The minimum atomic E-state index is -3.28. The number of halogens is 3. The molecule has 0 amide bonds. The predicted octanol–water partition coefficient (Wildman–Crippen LogP) is 4.52. The maximum absolute atomic E-state index is 15.0. The van der Waals surface area contributed by atoms with Crippen LogP contribution < -0.4 is 15.0 Å². The van der Waals surface area contributed by atoms with Crippen molar-refractivity contribution >= 4 is 22.5 Å². The lowest BCUT2D eigenvalue weighted by Crippen LogP contribution is -2.44. The van der Waals surface area contributed by atoms with Gasteiger partial charge in [-0.25, -0.2) is 23.1 Å². The lowest BCUT2D eigenvalue weighted by atomic mass is 10.0. The van der Waals surface area contributed by atoms with E-state index in [4.69, 9.17) is 4.74 Å². The molecular weight excluding hydrogens is 445 g/mol. The standard InChI is InChI=1S/C24H29F3N6O/c1-14(16-7-6-8-18(20(16)25)24(3,26)27)28-21-17-13-19(33-11-9-32(4)10-12-33)23(34-5)31-22(17)30-15(2)29-21/h6-8,13-14H,9-12H2,1-5H3,(H,28,29,30,31)/t14-/m1/s1. The van der Waals surface area contributed by atoms with Crippen molar-refractivity contribution in [2.45, 2.75) is 32.7 Å². The first-order chi connectivity index (χ1) is 16.1. The maximum atomic E-state index is 15.0. The summed E-state index contributed by atoms with van der Waals surface area (Å²) in [5.74, 6) is -2.82. The molecule has 3 heterocycles. The van der Waals surface area contributed by atoms with Crippen molar-refractivity contribution in [2.75, 3.05) is 50.6 Å². The van der Waals surface area contributed by atoms with E-state index in [0.717, 1.165) is 37.9 Å². The second-order valence-corrected chi connectivity index (χ2v) is 8.76. The number of nitrogens with zero attached hydrogens (tertiary/aromatic N) is 5. The lowest BCUT2D eigenvalue weighted by Gasteiger charge is -2.34. The van der Waals surface area contributed by atoms with Crippen molar-refractivity contribution in [3.63, 3.8) is 0 Å². The van der Waals surface area contributed by atoms with E-state index in [1.165, 1.54) is 12.1 Å². The number of piperazine rings is 1. The number of alkyl halides is 2. The summed E-state index contributed by atoms with van der Waals surface area (Å²) in [5.41, 5.74) is 0.756. The van der Waals surface area contributed by atoms with Gasteiger partial charge in [0.05, 0.1) is 24.1 Å². The van der Waals surface area contributed by atoms with E-state index in [0.29, 0.717) is 35.5 Å². The number of anilines is 2. The molecule has 0 spiro atoms. The van der Waals surface area contributed by atoms with Crippen LogP contribution in [0.2, 0.25) is 0 Å². The average Bonchev–Trinajstić information content (AvgIpc) is 2.78. The zero-order valence-electron chi connectivity index (χ0n) is 20.0. The SMILES string of the molecule is COc1nc2nc(C)nc(N[C@H](C)c3cccc(C(C)(F)F)c3F)c2cc1N1CCN(C)CC1. The molecule has 1 aliphatic heterocycles. The van der Waals surface area contributed by atoms with Crippen LogP contribution in [0.5, 0.6) is 5.88 Å². The van der Waals surface area contributed by atoms with Crippen molar-refractivity contribution in [2.24, 2.45) is 0 Å². The van der Waals surface area contributed by atoms with Crippen LogP contribution in [-0.4, -0.2) is 60.2 Å². The van der Waals surface area contributed by atoms with Crippen LogP contribution in [0.3, 0.4) is 0 Å². The number of hydrogen-bond donors (Lipinski definition) is 1. The van der Waals surface area contributed by atoms with Crippen molar-refractivity contribution in [3.05, 3.63) is 47.0 Å². The van der Waals surface area contributed by atoms with Crippen LogP contribution in [0.25, 0.3) is 11.0 Å². The van der Waals surface area contributed by atoms with Crippen molar-refractivity contribution in [1.29, 1.82) is 0 Å². The number of aromatic nitrogens is 3. The lowest BCUT2D eigenvalue weighted by molar-refractivity contribution is 0.0136. The van der Waals surface area contributed by atoms with Crippen LogP contribution >= 0.6 is 0 Å². The van der Waals surface area contributed by atoms with E-state index in [2.05, 4.69) is 37.1 Å². The number of benzene rings is 1. The van der Waals surface area contributed by atoms with Crippen molar-refractivity contribution in [3.8, 4) is 5.88 Å². The largest absolute Gasteiger partial charge is 0.479 e. The van der Waals surface area contributed by atoms with Gasteiger partial charge in [0.15, 0.2) is 5.65 Å². The average molecular weight is 475 g/mol. The Morgan fingerprint density at radius 3 is 2.47 bits per heavy atom. The molecule has 34 heavy (non-hydrogen) atoms. The number of likely N-dealkylation sites (N-methyl/N-ethyl adjacent to an activating group) is 1. The maximum Gasteiger partial charge on any atom is 0.273 e. The molecule has 1 aliphatic rings. The van der Waals surface area contributed by atoms with Crippen molar-refractivity contribution < 1.29 is 17.9 Å². The molecule has 10 heteroatoms. The summed E-state index contributed by atoms with van der Waals surface area (Å²) in [7, 11) is 3.65. The predicted molar refractivity (Wildman–Crippen MR) is 126 cm³/mol. The zero-order chi connectivity index (χ0) is 24.6. The summed E-state index contributed by atoms with van der Waals surface area (Å²) >= 11 is 0. The number of fused-ring (bicyclic) bond motifs is 1. The Hall–Kier alpha value is -3.14. The smallest absolute Gasteiger partial charge is 0.273 e. The van der Waals surface area contributed by atoms with Crippen LogP contribution in [0.1, 0.15) is 36.8 Å². The van der Waals surface area contributed by atoms with E-state index in [1.807, 2.05) is 6.07 Å². The van der Waals surface area contributed by atoms with Gasteiger partial charge in [0.1, 0.15) is 23.1 Å². The molecule has 0 unspecified atom stereocenters. The summed E-state index contributed by atoms with van der Waals surface area (Å²) in [6, 6.07) is 5.33. The number of hydrogen-bond acceptors (Lipinski definition) is 7. The monoisotopic (exact) mass is 474 g/mol. The molecular formula is C24H29F3N6O. The van der Waals surface area contributed by atoms with Crippen LogP contribution in [-0.2, 0) is 5.92 Å². The van der Waals surface area contributed by atoms with Gasteiger partial charge in [-0.1, -0.05) is 18.2 Å². The Balaban J connectivity index is 1.75. The summed E-state index contributed by atoms with van der Waals surface area (Å²) in [6.07, 6.45) is 0. The number of methoxy groups -OCH3 is 1. The van der Waals surface area contributed by atoms with E-state index < -0.39 is 23.3 Å². The third kappa shape index (κ3) is 4.72. The third-order valence-corrected chi connectivity index (χ3v) is 6.10. The first kappa shape index (κ1) is 24.0. The number of nitrogens with one attached hydrogen (secondary N) is 1. The normalized spacial score (nSPS) is 16.1. The molecule has 2 aromatic heterocycles. The molecule has 0 aliphatic carbocycles. The highest BCUT2D eigenvalue weighted by Crippen LogP contribution is 2.36. The van der Waals surface area contributed by atoms with E-state index in [9.17, 15) is 13.2 Å². The molecule has 0 radical (unpaired) electrons. The summed E-state index contributed by atoms with van der Waals surface area (Å²) in [6.45, 7) is 7.57. The minimum absolute atomic E-state index is 0.129. The van der Waals surface area contributed by atoms with Crippen LogP contribution in [0.15, 0.2) is 24.3 Å². The molecule has 0 saturated carbocycles. The Bertz CT molecular complexity index is 1190. The Kier molecular flexibility index (Phi) is 6.53. The van der Waals surface area contributed by atoms with Gasteiger partial charge in [-0.2, -0.15) is 4.98 Å². The fourth-order valence-corrected chi connectivity index (χ4v) is 4.18. The van der Waals surface area contributed by atoms with Crippen molar-refractivity contribution in [1.82, 2.24) is 19.9 Å². The fraction of sp³-hybridized carbons (Fsp3) is 0.458. The molecule has 182 valence electrons. The molecule has 1 saturated heterocycles. The van der Waals surface area contributed by atoms with Gasteiger partial charge in [0.2, 0.25) is 5.88 Å². The Morgan fingerprint density at radius 2 is 1.82 bits per heavy atom. The number of pyridine rings is 1. The van der Waals surface area contributed by atoms with Gasteiger partial charge >= 0.3 is 0 Å². The van der Waals surface area contributed by atoms with Gasteiger partial charge in [-0.05, 0) is 27.0 Å². The molecule has 1 fully saturated rings. The molecule has 7 nitrogen and oxygen atoms in total. The highest BCUT2D eigenvalue weighted by atomic mass is 19.3. The molecule has 0 bridgehead atoms. The van der Waals surface area contributed by atoms with E-state index in [-0.39, 0.29) is 5.56 Å². The second kappa shape index (κ2) is 9.25. The molecule has 3 aromatic rings. The van der Waals surface area contributed by atoms with Gasteiger partial charge < -0.3 is 19.9 Å². The number of ether oxygens (including phenoxy) is 1. The molecule has 1 aromatic carbocycles. The quantitative estimate of drug-likeness (QED) is 0.564. The Labute approximate surface area is 197 Å². The topological polar surface area (TPSA) is 66.4 Å². The Morgan fingerprint density at radius 1 is 1.12 bits per heavy atom. The molecule has 4 rings (SSSR count). The molecule has 1 atom stereocenters. The number of rotatable bonds is 6. The third-order valence-electron chi connectivity index (χ3n) is 6.10. The fourth-order valence-electron chi connectivity index (χ4n) is 4.18. The zero-order valence-corrected chi connectivity index (χ0v) is 20.0. The van der Waals surface area contributed by atoms with Gasteiger partial charge in [-0.3, -0.25) is 0 Å². The van der Waals surface area contributed by atoms with Crippen LogP contribution in [0, 0.1) is 12.7 Å². The van der Waals surface area contributed by atoms with Crippen LogP contribution in [0.4, 0.5) is 24.7 Å². The summed E-state index contributed by atoms with van der Waals surface area (Å²) in [5, 5.41) is 3.84. The van der Waals surface area contributed by atoms with Gasteiger partial charge in [-0.15, -0.1) is 0 Å². The molecule has 1 N–H and O–H groups in total. The first-order valence-electron chi connectivity index (χ1n) is 11.2. The van der Waals surface area contributed by atoms with E-state index >= 15 is 0 Å². The highest BCUT2D eigenvalue weighted by molar-refractivity contribution is 5.90.